The first-order chi connectivity index (χ1) is 23.7. The molecule has 0 N–H and O–H groups in total. The van der Waals surface area contributed by atoms with Crippen LogP contribution in [0.1, 0.15) is 11.1 Å². The van der Waals surface area contributed by atoms with Crippen molar-refractivity contribution in [1.29, 1.82) is 10.5 Å². The van der Waals surface area contributed by atoms with Gasteiger partial charge in [-0.05, 0) is 50.0 Å². The van der Waals surface area contributed by atoms with Gasteiger partial charge in [-0.15, -0.1) is 0 Å². The minimum absolute atomic E-state index is 0.564. The van der Waals surface area contributed by atoms with Crippen LogP contribution < -0.4 is 20.7 Å². The number of fused-ring (bicyclic) bond motifs is 3. The monoisotopic (exact) mass is 627 g/mol. The van der Waals surface area contributed by atoms with E-state index in [4.69, 9.17) is 0 Å². The molecule has 0 aliphatic heterocycles. The van der Waals surface area contributed by atoms with Crippen molar-refractivity contribution in [3.8, 4) is 29.0 Å². The maximum absolute atomic E-state index is 10.9. The molecule has 0 saturated carbocycles. The van der Waals surface area contributed by atoms with Crippen molar-refractivity contribution >= 4 is 50.6 Å². The quantitative estimate of drug-likeness (QED) is 0.141. The molecule has 0 saturated heterocycles. The largest absolute Gasteiger partial charge is 0.309 e. The Labute approximate surface area is 280 Å². The molecule has 0 fully saturated rings. The zero-order chi connectivity index (χ0) is 32.5. The van der Waals surface area contributed by atoms with Crippen molar-refractivity contribution in [3.05, 3.63) is 187 Å². The Morgan fingerprint density at radius 1 is 0.438 bits per heavy atom. The van der Waals surface area contributed by atoms with Gasteiger partial charge in [-0.1, -0.05) is 140 Å². The summed E-state index contributed by atoms with van der Waals surface area (Å²) >= 11 is 0. The van der Waals surface area contributed by atoms with E-state index in [2.05, 4.69) is 156 Å². The lowest BCUT2D eigenvalue weighted by molar-refractivity contribution is 1.18. The van der Waals surface area contributed by atoms with E-state index in [1.807, 2.05) is 36.4 Å². The summed E-state index contributed by atoms with van der Waals surface area (Å²) in [6, 6.07) is 65.9. The molecule has 0 atom stereocenters. The highest BCUT2D eigenvalue weighted by atomic mass is 28.3. The van der Waals surface area contributed by atoms with Crippen LogP contribution >= 0.6 is 0 Å². The number of hydrogen-bond acceptors (Lipinski definition) is 2. The Balaban J connectivity index is 1.37. The van der Waals surface area contributed by atoms with Crippen LogP contribution in [0.4, 0.5) is 0 Å². The number of hydrogen-bond donors (Lipinski definition) is 0. The van der Waals surface area contributed by atoms with Crippen molar-refractivity contribution in [3.63, 3.8) is 0 Å². The molecule has 8 aromatic rings. The van der Waals surface area contributed by atoms with Crippen LogP contribution in [0.3, 0.4) is 0 Å². The highest BCUT2D eigenvalue weighted by molar-refractivity contribution is 7.20. The van der Waals surface area contributed by atoms with E-state index in [0.717, 1.165) is 33.0 Å². The maximum Gasteiger partial charge on any atom is 0.0998 e. The van der Waals surface area contributed by atoms with E-state index in [0.29, 0.717) is 11.1 Å². The van der Waals surface area contributed by atoms with Gasteiger partial charge in [0.15, 0.2) is 0 Å². The summed E-state index contributed by atoms with van der Waals surface area (Å²) in [6.45, 7) is 0. The molecular weight excluding hydrogens is 599 g/mol. The predicted molar refractivity (Wildman–Crippen MR) is 199 cm³/mol. The second kappa shape index (κ2) is 12.0. The first kappa shape index (κ1) is 29.0. The summed E-state index contributed by atoms with van der Waals surface area (Å²) in [4.78, 5) is 0. The van der Waals surface area contributed by atoms with E-state index in [9.17, 15) is 10.5 Å². The highest BCUT2D eigenvalue weighted by Crippen LogP contribution is 2.34. The molecule has 0 aliphatic rings. The SMILES string of the molecule is N#Cc1ccc(-n2c3ccccc3c3ccccc32)cc1-c1ccc([Si-](c2ccccc2)(c2ccccc2)c2ccccc2)c(C#N)c1. The van der Waals surface area contributed by atoms with Gasteiger partial charge in [0.25, 0.3) is 0 Å². The number of aromatic nitrogens is 1. The molecular formula is C44H29N3Si-. The smallest absolute Gasteiger partial charge is 0.0998 e. The molecule has 1 aromatic heterocycles. The second-order valence-electron chi connectivity index (χ2n) is 11.9. The van der Waals surface area contributed by atoms with Crippen LogP contribution in [0.2, 0.25) is 0 Å². The summed E-state index contributed by atoms with van der Waals surface area (Å²) in [6.07, 6.45) is 0. The molecule has 48 heavy (non-hydrogen) atoms. The molecule has 0 unspecified atom stereocenters. The number of para-hydroxylation sites is 2. The summed E-state index contributed by atoms with van der Waals surface area (Å²) in [5.41, 5.74) is 5.98. The van der Waals surface area contributed by atoms with Crippen molar-refractivity contribution in [1.82, 2.24) is 4.57 Å². The van der Waals surface area contributed by atoms with E-state index < -0.39 is 8.07 Å². The van der Waals surface area contributed by atoms with Gasteiger partial charge in [-0.2, -0.15) is 31.3 Å². The lowest BCUT2D eigenvalue weighted by Crippen LogP contribution is -2.75. The average molecular weight is 628 g/mol. The maximum atomic E-state index is 10.9. The standard InChI is InChI=1S/C44H29N3Si/c45-30-33-24-26-35(47-42-22-12-10-20-39(42)40-21-11-13-23-43(40)47)29-41(33)32-25-27-44(34(28-32)31-46)48(36-14-4-1-5-15-36,37-16-6-2-7-17-37)38-18-8-3-9-19-38/h1-29H/q-1. The number of benzene rings is 7. The molecule has 0 radical (unpaired) electrons. The van der Waals surface area contributed by atoms with Gasteiger partial charge in [-0.25, -0.2) is 0 Å². The third kappa shape index (κ3) is 4.55. The summed E-state index contributed by atoms with van der Waals surface area (Å²) in [5, 5.41) is 28.2. The normalized spacial score (nSPS) is 11.3. The first-order valence-electron chi connectivity index (χ1n) is 16.0. The Morgan fingerprint density at radius 3 is 1.42 bits per heavy atom. The minimum atomic E-state index is -2.92. The van der Waals surface area contributed by atoms with Crippen LogP contribution in [0.5, 0.6) is 0 Å². The van der Waals surface area contributed by atoms with Crippen LogP contribution in [0.15, 0.2) is 176 Å². The number of nitrogens with zero attached hydrogens (tertiary/aromatic N) is 3. The summed E-state index contributed by atoms with van der Waals surface area (Å²) in [7, 11) is -2.92. The molecule has 1 heterocycles. The number of nitriles is 2. The predicted octanol–water partition coefficient (Wildman–Crippen LogP) is 7.57. The Morgan fingerprint density at radius 2 is 0.917 bits per heavy atom. The van der Waals surface area contributed by atoms with Gasteiger partial charge < -0.3 is 4.57 Å². The highest BCUT2D eigenvalue weighted by Gasteiger charge is 2.30. The van der Waals surface area contributed by atoms with Crippen molar-refractivity contribution < 1.29 is 0 Å². The third-order valence-corrected chi connectivity index (χ3v) is 14.3. The molecule has 4 heteroatoms. The zero-order valence-corrected chi connectivity index (χ0v) is 27.1. The van der Waals surface area contributed by atoms with Crippen LogP contribution in [-0.2, 0) is 0 Å². The van der Waals surface area contributed by atoms with E-state index in [1.165, 1.54) is 26.3 Å². The van der Waals surface area contributed by atoms with Gasteiger partial charge in [0.2, 0.25) is 0 Å². The Kier molecular flexibility index (Phi) is 7.27. The van der Waals surface area contributed by atoms with Crippen molar-refractivity contribution in [2.75, 3.05) is 0 Å². The molecule has 7 aromatic carbocycles. The molecule has 0 aliphatic carbocycles. The topological polar surface area (TPSA) is 52.5 Å². The minimum Gasteiger partial charge on any atom is -0.309 e. The third-order valence-electron chi connectivity index (χ3n) is 9.44. The molecule has 0 spiro atoms. The fourth-order valence-corrected chi connectivity index (χ4v) is 12.2. The average Bonchev–Trinajstić information content (AvgIpc) is 3.51. The van der Waals surface area contributed by atoms with Crippen molar-refractivity contribution in [2.45, 2.75) is 0 Å². The lowest BCUT2D eigenvalue weighted by Gasteiger charge is -2.47. The van der Waals surface area contributed by atoms with E-state index in [1.54, 1.807) is 0 Å². The van der Waals surface area contributed by atoms with Gasteiger partial charge in [0.05, 0.1) is 28.7 Å². The molecule has 0 bridgehead atoms. The molecule has 225 valence electrons. The Bertz CT molecular complexity index is 2370. The molecule has 3 nitrogen and oxygen atoms in total. The fourth-order valence-electron chi connectivity index (χ4n) is 7.37. The summed E-state index contributed by atoms with van der Waals surface area (Å²) in [5.74, 6) is 0. The lowest BCUT2D eigenvalue weighted by atomic mass is 9.98. The number of rotatable bonds is 6. The van der Waals surface area contributed by atoms with E-state index in [-0.39, 0.29) is 0 Å². The Hall–Kier alpha value is -6.46. The zero-order valence-electron chi connectivity index (χ0n) is 26.1. The first-order valence-corrected chi connectivity index (χ1v) is 18.0. The second-order valence-corrected chi connectivity index (χ2v) is 15.7. The molecule has 8 rings (SSSR count). The summed E-state index contributed by atoms with van der Waals surface area (Å²) < 4.78 is 2.26. The van der Waals surface area contributed by atoms with Crippen LogP contribution in [-0.4, -0.2) is 12.6 Å². The van der Waals surface area contributed by atoms with Gasteiger partial charge >= 0.3 is 0 Å². The van der Waals surface area contributed by atoms with Crippen molar-refractivity contribution in [2.24, 2.45) is 0 Å². The fraction of sp³-hybridized carbons (Fsp3) is 0. The van der Waals surface area contributed by atoms with E-state index >= 15 is 0 Å². The van der Waals surface area contributed by atoms with Crippen LogP contribution in [0, 0.1) is 22.7 Å². The molecule has 0 amide bonds. The van der Waals surface area contributed by atoms with Gasteiger partial charge in [0, 0.05) is 27.6 Å². The van der Waals surface area contributed by atoms with Crippen LogP contribution in [0.25, 0.3) is 38.6 Å². The van der Waals surface area contributed by atoms with Gasteiger partial charge in [-0.3, -0.25) is 0 Å². The van der Waals surface area contributed by atoms with Gasteiger partial charge in [0.1, 0.15) is 0 Å².